The van der Waals surface area contributed by atoms with Crippen LogP contribution < -0.4 is 10.6 Å². The van der Waals surface area contributed by atoms with E-state index in [-0.39, 0.29) is 11.6 Å². The SMILES string of the molecule is CC(N)c1ccc(N2CCOCC2(C)C)cc1. The molecule has 3 nitrogen and oxygen atoms in total. The van der Waals surface area contributed by atoms with Gasteiger partial charge < -0.3 is 15.4 Å². The van der Waals surface area contributed by atoms with Crippen molar-refractivity contribution in [3.63, 3.8) is 0 Å². The van der Waals surface area contributed by atoms with Gasteiger partial charge in [0.2, 0.25) is 0 Å². The van der Waals surface area contributed by atoms with Gasteiger partial charge in [0.1, 0.15) is 0 Å². The number of morpholine rings is 1. The van der Waals surface area contributed by atoms with E-state index < -0.39 is 0 Å². The number of ether oxygens (including phenoxy) is 1. The Kier molecular flexibility index (Phi) is 3.40. The third-order valence-electron chi connectivity index (χ3n) is 3.38. The quantitative estimate of drug-likeness (QED) is 0.853. The Balaban J connectivity index is 2.21. The minimum absolute atomic E-state index is 0.0636. The number of anilines is 1. The van der Waals surface area contributed by atoms with Crippen molar-refractivity contribution >= 4 is 5.69 Å². The van der Waals surface area contributed by atoms with Crippen LogP contribution in [0.2, 0.25) is 0 Å². The molecule has 3 heteroatoms. The van der Waals surface area contributed by atoms with Gasteiger partial charge in [0.25, 0.3) is 0 Å². The molecule has 0 bridgehead atoms. The van der Waals surface area contributed by atoms with Crippen LogP contribution in [0.15, 0.2) is 24.3 Å². The van der Waals surface area contributed by atoms with Gasteiger partial charge in [-0.1, -0.05) is 12.1 Å². The van der Waals surface area contributed by atoms with Crippen LogP contribution >= 0.6 is 0 Å². The predicted octanol–water partition coefficient (Wildman–Crippen LogP) is 2.32. The summed E-state index contributed by atoms with van der Waals surface area (Å²) in [6.07, 6.45) is 0. The van der Waals surface area contributed by atoms with Crippen LogP contribution in [-0.2, 0) is 4.74 Å². The number of hydrogen-bond acceptors (Lipinski definition) is 3. The van der Waals surface area contributed by atoms with E-state index in [2.05, 4.69) is 43.0 Å². The summed E-state index contributed by atoms with van der Waals surface area (Å²) >= 11 is 0. The summed E-state index contributed by atoms with van der Waals surface area (Å²) < 4.78 is 5.54. The maximum absolute atomic E-state index is 5.86. The molecule has 17 heavy (non-hydrogen) atoms. The molecule has 2 rings (SSSR count). The highest BCUT2D eigenvalue weighted by atomic mass is 16.5. The Morgan fingerprint density at radius 2 is 1.94 bits per heavy atom. The number of nitrogens with zero attached hydrogens (tertiary/aromatic N) is 1. The average Bonchev–Trinajstić information content (AvgIpc) is 2.28. The third kappa shape index (κ3) is 2.61. The lowest BCUT2D eigenvalue weighted by Crippen LogP contribution is -2.53. The van der Waals surface area contributed by atoms with Crippen molar-refractivity contribution in [2.24, 2.45) is 5.73 Å². The van der Waals surface area contributed by atoms with E-state index in [0.29, 0.717) is 0 Å². The molecule has 2 N–H and O–H groups in total. The molecule has 0 aromatic heterocycles. The van der Waals surface area contributed by atoms with Crippen LogP contribution in [0.4, 0.5) is 5.69 Å². The molecule has 1 fully saturated rings. The summed E-state index contributed by atoms with van der Waals surface area (Å²) in [6, 6.07) is 8.65. The fraction of sp³-hybridized carbons (Fsp3) is 0.571. The van der Waals surface area contributed by atoms with Gasteiger partial charge in [-0.15, -0.1) is 0 Å². The van der Waals surface area contributed by atoms with E-state index >= 15 is 0 Å². The molecule has 1 aliphatic rings. The zero-order chi connectivity index (χ0) is 12.5. The van der Waals surface area contributed by atoms with E-state index in [4.69, 9.17) is 10.5 Å². The highest BCUT2D eigenvalue weighted by Crippen LogP contribution is 2.27. The molecule has 0 radical (unpaired) electrons. The van der Waals surface area contributed by atoms with Crippen molar-refractivity contribution in [3.05, 3.63) is 29.8 Å². The normalized spacial score (nSPS) is 21.3. The van der Waals surface area contributed by atoms with Gasteiger partial charge in [-0.2, -0.15) is 0 Å². The molecule has 1 aliphatic heterocycles. The Morgan fingerprint density at radius 1 is 1.29 bits per heavy atom. The topological polar surface area (TPSA) is 38.5 Å². The molecule has 94 valence electrons. The summed E-state index contributed by atoms with van der Waals surface area (Å²) in [6.45, 7) is 8.97. The zero-order valence-corrected chi connectivity index (χ0v) is 10.9. The summed E-state index contributed by atoms with van der Waals surface area (Å²) in [4.78, 5) is 2.40. The molecule has 0 amide bonds. The average molecular weight is 234 g/mol. The molecule has 0 aliphatic carbocycles. The van der Waals surface area contributed by atoms with Gasteiger partial charge in [0, 0.05) is 18.3 Å². The van der Waals surface area contributed by atoms with E-state index in [1.165, 1.54) is 11.3 Å². The first-order chi connectivity index (χ1) is 8.00. The molecule has 1 heterocycles. The van der Waals surface area contributed by atoms with Crippen molar-refractivity contribution in [3.8, 4) is 0 Å². The molecule has 1 aromatic carbocycles. The Labute approximate surface area is 104 Å². The van der Waals surface area contributed by atoms with Crippen LogP contribution in [-0.4, -0.2) is 25.3 Å². The van der Waals surface area contributed by atoms with Crippen molar-refractivity contribution in [1.82, 2.24) is 0 Å². The van der Waals surface area contributed by atoms with Gasteiger partial charge >= 0.3 is 0 Å². The summed E-state index contributed by atoms with van der Waals surface area (Å²) in [5, 5.41) is 0. The third-order valence-corrected chi connectivity index (χ3v) is 3.38. The van der Waals surface area contributed by atoms with Crippen LogP contribution in [0.25, 0.3) is 0 Å². The summed E-state index contributed by atoms with van der Waals surface area (Å²) in [7, 11) is 0. The molecule has 1 saturated heterocycles. The second-order valence-electron chi connectivity index (χ2n) is 5.40. The first-order valence-corrected chi connectivity index (χ1v) is 6.22. The highest BCUT2D eigenvalue weighted by molar-refractivity contribution is 5.50. The van der Waals surface area contributed by atoms with Crippen LogP contribution in [0.3, 0.4) is 0 Å². The van der Waals surface area contributed by atoms with E-state index in [0.717, 1.165) is 19.8 Å². The molecular formula is C14H22N2O. The number of nitrogens with two attached hydrogens (primary N) is 1. The van der Waals surface area contributed by atoms with Gasteiger partial charge in [0.15, 0.2) is 0 Å². The fourth-order valence-corrected chi connectivity index (χ4v) is 2.29. The minimum atomic E-state index is 0.0636. The highest BCUT2D eigenvalue weighted by Gasteiger charge is 2.30. The van der Waals surface area contributed by atoms with Crippen LogP contribution in [0, 0.1) is 0 Å². The molecular weight excluding hydrogens is 212 g/mol. The van der Waals surface area contributed by atoms with E-state index in [1.54, 1.807) is 0 Å². The number of hydrogen-bond donors (Lipinski definition) is 1. The minimum Gasteiger partial charge on any atom is -0.377 e. The van der Waals surface area contributed by atoms with Crippen molar-refractivity contribution in [1.29, 1.82) is 0 Å². The standard InChI is InChI=1S/C14H22N2O/c1-11(15)12-4-6-13(7-5-12)16-8-9-17-10-14(16,2)3/h4-7,11H,8-10,15H2,1-3H3. The first kappa shape index (κ1) is 12.4. The molecule has 1 unspecified atom stereocenters. The van der Waals surface area contributed by atoms with E-state index in [1.807, 2.05) is 6.92 Å². The van der Waals surface area contributed by atoms with Gasteiger partial charge in [-0.3, -0.25) is 0 Å². The molecule has 0 saturated carbocycles. The van der Waals surface area contributed by atoms with Crippen molar-refractivity contribution in [2.45, 2.75) is 32.4 Å². The maximum Gasteiger partial charge on any atom is 0.0694 e. The van der Waals surface area contributed by atoms with Crippen molar-refractivity contribution < 1.29 is 4.74 Å². The lowest BCUT2D eigenvalue weighted by molar-refractivity contribution is 0.0644. The maximum atomic E-state index is 5.86. The second kappa shape index (κ2) is 4.67. The first-order valence-electron chi connectivity index (χ1n) is 6.22. The monoisotopic (exact) mass is 234 g/mol. The van der Waals surface area contributed by atoms with Gasteiger partial charge in [0.05, 0.1) is 18.8 Å². The fourth-order valence-electron chi connectivity index (χ4n) is 2.29. The lowest BCUT2D eigenvalue weighted by Gasteiger charge is -2.43. The van der Waals surface area contributed by atoms with Crippen LogP contribution in [0.5, 0.6) is 0 Å². The smallest absolute Gasteiger partial charge is 0.0694 e. The van der Waals surface area contributed by atoms with Gasteiger partial charge in [-0.25, -0.2) is 0 Å². The number of benzene rings is 1. The summed E-state index contributed by atoms with van der Waals surface area (Å²) in [5.74, 6) is 0. The molecule has 0 spiro atoms. The predicted molar refractivity (Wildman–Crippen MR) is 71.3 cm³/mol. The second-order valence-corrected chi connectivity index (χ2v) is 5.40. The Morgan fingerprint density at radius 3 is 2.47 bits per heavy atom. The lowest BCUT2D eigenvalue weighted by atomic mass is 10.0. The van der Waals surface area contributed by atoms with E-state index in [9.17, 15) is 0 Å². The largest absolute Gasteiger partial charge is 0.377 e. The van der Waals surface area contributed by atoms with Crippen LogP contribution in [0.1, 0.15) is 32.4 Å². The van der Waals surface area contributed by atoms with Gasteiger partial charge in [-0.05, 0) is 38.5 Å². The summed E-state index contributed by atoms with van der Waals surface area (Å²) in [5.41, 5.74) is 8.36. The molecule has 1 atom stereocenters. The Hall–Kier alpha value is -1.06. The zero-order valence-electron chi connectivity index (χ0n) is 10.9. The van der Waals surface area contributed by atoms with Crippen molar-refractivity contribution in [2.75, 3.05) is 24.7 Å². The number of rotatable bonds is 2. The molecule has 1 aromatic rings. The Bertz CT molecular complexity index is 370.